The van der Waals surface area contributed by atoms with Crippen molar-refractivity contribution in [3.8, 4) is 5.75 Å². The van der Waals surface area contributed by atoms with Gasteiger partial charge in [-0.15, -0.1) is 0 Å². The molecule has 0 fully saturated rings. The van der Waals surface area contributed by atoms with E-state index in [4.69, 9.17) is 33.7 Å². The fourth-order valence-corrected chi connectivity index (χ4v) is 2.37. The molecule has 0 saturated carbocycles. The van der Waals surface area contributed by atoms with Crippen LogP contribution >= 0.6 is 23.8 Å². The number of aryl methyl sites for hydroxylation is 1. The van der Waals surface area contributed by atoms with Crippen LogP contribution in [0.4, 0.5) is 5.69 Å². The first-order chi connectivity index (χ1) is 11.8. The van der Waals surface area contributed by atoms with Gasteiger partial charge in [0.15, 0.2) is 11.7 Å². The standard InChI is InChI=1S/C17H15ClN2O4S/c1-10-3-2-4-12(7-10)24-9-15(21)20-17(25)19-14-6-5-11(18)8-13(14)16(22)23/h2-8H,9H2,1H3,(H,22,23)(H2,19,20,21,25). The van der Waals surface area contributed by atoms with Gasteiger partial charge in [-0.1, -0.05) is 23.7 Å². The summed E-state index contributed by atoms with van der Waals surface area (Å²) >= 11 is 10.8. The van der Waals surface area contributed by atoms with Crippen molar-refractivity contribution >= 4 is 46.5 Å². The molecule has 0 heterocycles. The van der Waals surface area contributed by atoms with Gasteiger partial charge in [-0.2, -0.15) is 0 Å². The topological polar surface area (TPSA) is 87.7 Å². The highest BCUT2D eigenvalue weighted by atomic mass is 35.5. The van der Waals surface area contributed by atoms with E-state index in [9.17, 15) is 9.59 Å². The summed E-state index contributed by atoms with van der Waals surface area (Å²) in [6.45, 7) is 1.69. The molecule has 0 radical (unpaired) electrons. The van der Waals surface area contributed by atoms with E-state index in [2.05, 4.69) is 10.6 Å². The zero-order chi connectivity index (χ0) is 18.4. The number of halogens is 1. The molecule has 0 aliphatic rings. The van der Waals surface area contributed by atoms with Crippen LogP contribution in [0.1, 0.15) is 15.9 Å². The lowest BCUT2D eigenvalue weighted by Crippen LogP contribution is -2.37. The van der Waals surface area contributed by atoms with E-state index in [0.717, 1.165) is 5.56 Å². The molecular formula is C17H15ClN2O4S. The number of amides is 1. The minimum Gasteiger partial charge on any atom is -0.484 e. The van der Waals surface area contributed by atoms with Crippen molar-refractivity contribution in [3.05, 3.63) is 58.6 Å². The van der Waals surface area contributed by atoms with Crippen LogP contribution in [-0.2, 0) is 4.79 Å². The van der Waals surface area contributed by atoms with Gasteiger partial charge in [-0.25, -0.2) is 4.79 Å². The largest absolute Gasteiger partial charge is 0.484 e. The van der Waals surface area contributed by atoms with Crippen LogP contribution in [0.5, 0.6) is 5.75 Å². The smallest absolute Gasteiger partial charge is 0.337 e. The van der Waals surface area contributed by atoms with E-state index < -0.39 is 11.9 Å². The number of anilines is 1. The van der Waals surface area contributed by atoms with E-state index in [1.165, 1.54) is 18.2 Å². The molecule has 0 spiro atoms. The molecular weight excluding hydrogens is 364 g/mol. The predicted molar refractivity (Wildman–Crippen MR) is 99.4 cm³/mol. The number of rotatable bonds is 5. The predicted octanol–water partition coefficient (Wildman–Crippen LogP) is 3.24. The molecule has 8 heteroatoms. The minimum absolute atomic E-state index is 0.0392. The van der Waals surface area contributed by atoms with Crippen molar-refractivity contribution in [2.45, 2.75) is 6.92 Å². The van der Waals surface area contributed by atoms with Crippen LogP contribution in [0.15, 0.2) is 42.5 Å². The normalized spacial score (nSPS) is 10.0. The van der Waals surface area contributed by atoms with Crippen LogP contribution in [0.25, 0.3) is 0 Å². The second-order valence-electron chi connectivity index (χ2n) is 5.10. The molecule has 0 saturated heterocycles. The summed E-state index contributed by atoms with van der Waals surface area (Å²) < 4.78 is 5.37. The quantitative estimate of drug-likeness (QED) is 0.692. The monoisotopic (exact) mass is 378 g/mol. The number of carbonyl (C=O) groups is 2. The molecule has 1 amide bonds. The molecule has 0 aliphatic carbocycles. The molecule has 0 unspecified atom stereocenters. The van der Waals surface area contributed by atoms with Gasteiger partial charge in [-0.3, -0.25) is 10.1 Å². The Kier molecular flexibility index (Phi) is 6.32. The molecule has 0 aromatic heterocycles. The number of nitrogens with one attached hydrogen (secondary N) is 2. The van der Waals surface area contributed by atoms with Gasteiger partial charge >= 0.3 is 5.97 Å². The average Bonchev–Trinajstić information content (AvgIpc) is 2.54. The van der Waals surface area contributed by atoms with Gasteiger partial charge in [-0.05, 0) is 55.0 Å². The molecule has 130 valence electrons. The Morgan fingerprint density at radius 1 is 1.24 bits per heavy atom. The second-order valence-corrected chi connectivity index (χ2v) is 5.95. The number of thiocarbonyl (C=S) groups is 1. The van der Waals surface area contributed by atoms with Crippen molar-refractivity contribution in [1.29, 1.82) is 0 Å². The third kappa shape index (κ3) is 5.74. The summed E-state index contributed by atoms with van der Waals surface area (Å²) in [5.74, 6) is -1.06. The highest BCUT2D eigenvalue weighted by Gasteiger charge is 2.13. The Morgan fingerprint density at radius 3 is 2.68 bits per heavy atom. The molecule has 2 aromatic rings. The fraction of sp³-hybridized carbons (Fsp3) is 0.118. The minimum atomic E-state index is -1.16. The number of carboxylic acids is 1. The van der Waals surface area contributed by atoms with Gasteiger partial charge in [0.2, 0.25) is 0 Å². The van der Waals surface area contributed by atoms with Crippen LogP contribution < -0.4 is 15.4 Å². The lowest BCUT2D eigenvalue weighted by molar-refractivity contribution is -0.121. The molecule has 0 atom stereocenters. The molecule has 0 aliphatic heterocycles. The molecule has 3 N–H and O–H groups in total. The van der Waals surface area contributed by atoms with Gasteiger partial charge in [0.25, 0.3) is 5.91 Å². The Bertz CT molecular complexity index is 826. The molecule has 2 rings (SSSR count). The van der Waals surface area contributed by atoms with Crippen LogP contribution in [0.2, 0.25) is 5.02 Å². The number of ether oxygens (including phenoxy) is 1. The summed E-state index contributed by atoms with van der Waals surface area (Å²) in [5.41, 5.74) is 1.18. The first-order valence-electron chi connectivity index (χ1n) is 7.18. The summed E-state index contributed by atoms with van der Waals surface area (Å²) in [4.78, 5) is 23.1. The summed E-state index contributed by atoms with van der Waals surface area (Å²) in [6, 6.07) is 11.5. The van der Waals surface area contributed by atoms with Crippen LogP contribution in [0, 0.1) is 6.92 Å². The van der Waals surface area contributed by atoms with Gasteiger partial charge < -0.3 is 15.2 Å². The van der Waals surface area contributed by atoms with Gasteiger partial charge in [0.1, 0.15) is 5.75 Å². The van der Waals surface area contributed by atoms with Gasteiger partial charge in [0, 0.05) is 5.02 Å². The molecule has 25 heavy (non-hydrogen) atoms. The third-order valence-electron chi connectivity index (χ3n) is 3.07. The second kappa shape index (κ2) is 8.46. The Hall–Kier alpha value is -2.64. The van der Waals surface area contributed by atoms with E-state index in [1.807, 2.05) is 19.1 Å². The van der Waals surface area contributed by atoms with Crippen LogP contribution in [-0.4, -0.2) is 28.7 Å². The lowest BCUT2D eigenvalue weighted by atomic mass is 10.2. The first-order valence-corrected chi connectivity index (χ1v) is 7.97. The maximum Gasteiger partial charge on any atom is 0.337 e. The molecule has 2 aromatic carbocycles. The van der Waals surface area contributed by atoms with E-state index in [1.54, 1.807) is 12.1 Å². The van der Waals surface area contributed by atoms with E-state index >= 15 is 0 Å². The Morgan fingerprint density at radius 2 is 2.00 bits per heavy atom. The molecule has 0 bridgehead atoms. The maximum absolute atomic E-state index is 11.9. The fourth-order valence-electron chi connectivity index (χ4n) is 1.97. The van der Waals surface area contributed by atoms with E-state index in [0.29, 0.717) is 5.75 Å². The number of carbonyl (C=O) groups excluding carboxylic acids is 1. The Balaban J connectivity index is 1.92. The van der Waals surface area contributed by atoms with Crippen molar-refractivity contribution < 1.29 is 19.4 Å². The van der Waals surface area contributed by atoms with Crippen molar-refractivity contribution in [3.63, 3.8) is 0 Å². The highest BCUT2D eigenvalue weighted by Crippen LogP contribution is 2.20. The lowest BCUT2D eigenvalue weighted by Gasteiger charge is -2.12. The summed E-state index contributed by atoms with van der Waals surface area (Å²) in [6.07, 6.45) is 0. The number of carboxylic acid groups (broad SMARTS) is 1. The van der Waals surface area contributed by atoms with Crippen molar-refractivity contribution in [1.82, 2.24) is 5.32 Å². The molecule has 6 nitrogen and oxygen atoms in total. The van der Waals surface area contributed by atoms with Crippen LogP contribution in [0.3, 0.4) is 0 Å². The maximum atomic E-state index is 11.9. The van der Waals surface area contributed by atoms with E-state index in [-0.39, 0.29) is 28.0 Å². The summed E-state index contributed by atoms with van der Waals surface area (Å²) in [7, 11) is 0. The van der Waals surface area contributed by atoms with Crippen molar-refractivity contribution in [2.24, 2.45) is 0 Å². The zero-order valence-corrected chi connectivity index (χ0v) is 14.8. The number of aromatic carboxylic acids is 1. The SMILES string of the molecule is Cc1cccc(OCC(=O)NC(=S)Nc2ccc(Cl)cc2C(=O)O)c1. The first kappa shape index (κ1) is 18.7. The zero-order valence-electron chi connectivity index (χ0n) is 13.2. The average molecular weight is 379 g/mol. The number of benzene rings is 2. The number of hydrogen-bond acceptors (Lipinski definition) is 4. The van der Waals surface area contributed by atoms with Crippen molar-refractivity contribution in [2.75, 3.05) is 11.9 Å². The number of hydrogen-bond donors (Lipinski definition) is 3. The Labute approximate surface area is 154 Å². The third-order valence-corrected chi connectivity index (χ3v) is 3.51. The summed E-state index contributed by atoms with van der Waals surface area (Å²) in [5, 5.41) is 14.5. The van der Waals surface area contributed by atoms with Gasteiger partial charge in [0.05, 0.1) is 11.3 Å². The highest BCUT2D eigenvalue weighted by molar-refractivity contribution is 7.80.